The molecule has 1 aliphatic rings. The number of ether oxygens (including phenoxy) is 1. The van der Waals surface area contributed by atoms with Crippen LogP contribution in [-0.4, -0.2) is 11.8 Å². The highest BCUT2D eigenvalue weighted by molar-refractivity contribution is 6.35. The summed E-state index contributed by atoms with van der Waals surface area (Å²) in [6.07, 6.45) is -0.0584. The maximum Gasteiger partial charge on any atom is 0.319 e. The molecule has 0 aromatic heterocycles. The third kappa shape index (κ3) is 2.45. The molecule has 3 nitrogen and oxygen atoms in total. The predicted octanol–water partition coefficient (Wildman–Crippen LogP) is 4.21. The van der Waals surface area contributed by atoms with E-state index in [0.717, 1.165) is 0 Å². The molecule has 1 fully saturated rings. The summed E-state index contributed by atoms with van der Waals surface area (Å²) in [7, 11) is 0. The second-order valence-corrected chi connectivity index (χ2v) is 6.34. The smallest absolute Gasteiger partial charge is 0.319 e. The van der Waals surface area contributed by atoms with E-state index in [-0.39, 0.29) is 11.7 Å². The zero-order chi connectivity index (χ0) is 15.1. The molecule has 0 spiro atoms. The van der Waals surface area contributed by atoms with Gasteiger partial charge >= 0.3 is 5.97 Å². The number of cyclic esters (lactones) is 1. The fourth-order valence-corrected chi connectivity index (χ4v) is 2.97. The third-order valence-electron chi connectivity index (χ3n) is 3.77. The highest BCUT2D eigenvalue weighted by Gasteiger charge is 2.50. The van der Waals surface area contributed by atoms with Crippen molar-refractivity contribution in [3.8, 4) is 0 Å². The zero-order valence-corrected chi connectivity index (χ0v) is 13.1. The van der Waals surface area contributed by atoms with E-state index in [1.165, 1.54) is 0 Å². The molecule has 1 aliphatic heterocycles. The molecule has 5 heteroatoms. The number of hydrogen-bond acceptors (Lipinski definition) is 3. The predicted molar refractivity (Wildman–Crippen MR) is 77.9 cm³/mol. The Labute approximate surface area is 128 Å². The molecule has 0 N–H and O–H groups in total. The largest absolute Gasteiger partial charge is 0.456 e. The highest BCUT2D eigenvalue weighted by atomic mass is 35.5. The minimum absolute atomic E-state index is 0.104. The van der Waals surface area contributed by atoms with Gasteiger partial charge in [0.05, 0.1) is 5.92 Å². The van der Waals surface area contributed by atoms with Gasteiger partial charge < -0.3 is 4.74 Å². The second kappa shape index (κ2) is 5.38. The molecule has 0 radical (unpaired) electrons. The number of Topliss-reactive ketones (excluding diaryl/α,β-unsaturated/α-hetero) is 1. The van der Waals surface area contributed by atoms with Gasteiger partial charge in [0.2, 0.25) is 0 Å². The van der Waals surface area contributed by atoms with Crippen LogP contribution in [0.5, 0.6) is 0 Å². The molecule has 0 saturated carbocycles. The van der Waals surface area contributed by atoms with Gasteiger partial charge in [-0.3, -0.25) is 9.59 Å². The summed E-state index contributed by atoms with van der Waals surface area (Å²) in [4.78, 5) is 24.5. The third-order valence-corrected chi connectivity index (χ3v) is 4.33. The van der Waals surface area contributed by atoms with Crippen LogP contribution in [0.4, 0.5) is 0 Å². The van der Waals surface area contributed by atoms with Crippen molar-refractivity contribution in [2.24, 2.45) is 11.3 Å². The minimum atomic E-state index is -1.10. The van der Waals surface area contributed by atoms with Crippen molar-refractivity contribution < 1.29 is 14.3 Å². The summed E-state index contributed by atoms with van der Waals surface area (Å²) in [6.45, 7) is 5.09. The number of carbonyl (C=O) groups is 2. The Morgan fingerprint density at radius 2 is 1.90 bits per heavy atom. The summed E-state index contributed by atoms with van der Waals surface area (Å²) in [5.74, 6) is -1.00. The molecular formula is C15H16Cl2O3. The van der Waals surface area contributed by atoms with Gasteiger partial charge in [-0.2, -0.15) is 0 Å². The van der Waals surface area contributed by atoms with Crippen LogP contribution < -0.4 is 0 Å². The molecule has 1 saturated heterocycles. The van der Waals surface area contributed by atoms with Gasteiger partial charge in [-0.05, 0) is 32.4 Å². The first-order valence-electron chi connectivity index (χ1n) is 6.49. The Balaban J connectivity index is 2.45. The van der Waals surface area contributed by atoms with E-state index in [4.69, 9.17) is 27.9 Å². The Bertz CT molecular complexity index is 566. The fourth-order valence-electron chi connectivity index (χ4n) is 2.46. The van der Waals surface area contributed by atoms with Crippen LogP contribution in [-0.2, 0) is 14.3 Å². The van der Waals surface area contributed by atoms with Crippen LogP contribution in [0.15, 0.2) is 18.2 Å². The van der Waals surface area contributed by atoms with Gasteiger partial charge in [0, 0.05) is 15.6 Å². The van der Waals surface area contributed by atoms with Gasteiger partial charge in [-0.25, -0.2) is 0 Å². The minimum Gasteiger partial charge on any atom is -0.456 e. The lowest BCUT2D eigenvalue weighted by atomic mass is 9.74. The summed E-state index contributed by atoms with van der Waals surface area (Å²) in [5, 5.41) is 0.904. The number of esters is 1. The standard InChI is InChI=1S/C15H16Cl2O3/c1-4-9-12(10-6-5-8(16)7-11(10)17)20-14(19)15(2,3)13(9)18/h5-7,9,12H,4H2,1-3H3/t9-,12-/m1/s1. The van der Waals surface area contributed by atoms with E-state index in [0.29, 0.717) is 22.0 Å². The molecule has 2 rings (SSSR count). The Morgan fingerprint density at radius 3 is 2.45 bits per heavy atom. The van der Waals surface area contributed by atoms with Gasteiger partial charge in [-0.1, -0.05) is 36.2 Å². The number of carbonyl (C=O) groups excluding carboxylic acids is 2. The van der Waals surface area contributed by atoms with Gasteiger partial charge in [0.25, 0.3) is 0 Å². The first kappa shape index (κ1) is 15.3. The average Bonchev–Trinajstić information content (AvgIpc) is 2.36. The van der Waals surface area contributed by atoms with Gasteiger partial charge in [-0.15, -0.1) is 0 Å². The molecule has 108 valence electrons. The quantitative estimate of drug-likeness (QED) is 0.606. The molecular weight excluding hydrogens is 299 g/mol. The van der Waals surface area contributed by atoms with Crippen LogP contribution in [0.3, 0.4) is 0 Å². The van der Waals surface area contributed by atoms with Crippen molar-refractivity contribution in [3.63, 3.8) is 0 Å². The summed E-state index contributed by atoms with van der Waals surface area (Å²) >= 11 is 12.0. The Hall–Kier alpha value is -1.06. The van der Waals surface area contributed by atoms with Crippen LogP contribution >= 0.6 is 23.2 Å². The van der Waals surface area contributed by atoms with E-state index in [2.05, 4.69) is 0 Å². The molecule has 0 bridgehead atoms. The Kier molecular flexibility index (Phi) is 4.12. The molecule has 0 aliphatic carbocycles. The topological polar surface area (TPSA) is 43.4 Å². The molecule has 1 heterocycles. The van der Waals surface area contributed by atoms with E-state index >= 15 is 0 Å². The van der Waals surface area contributed by atoms with Crippen molar-refractivity contribution in [1.82, 2.24) is 0 Å². The van der Waals surface area contributed by atoms with Crippen molar-refractivity contribution >= 4 is 35.0 Å². The van der Waals surface area contributed by atoms with Gasteiger partial charge in [0.1, 0.15) is 11.5 Å². The molecule has 2 atom stereocenters. The second-order valence-electron chi connectivity index (χ2n) is 5.50. The maximum atomic E-state index is 12.5. The van der Waals surface area contributed by atoms with E-state index in [1.807, 2.05) is 6.92 Å². The number of ketones is 1. The number of halogens is 2. The molecule has 1 aromatic carbocycles. The maximum absolute atomic E-state index is 12.5. The monoisotopic (exact) mass is 314 g/mol. The van der Waals surface area contributed by atoms with Crippen LogP contribution in [0.2, 0.25) is 10.0 Å². The van der Waals surface area contributed by atoms with Crippen LogP contribution in [0.1, 0.15) is 38.9 Å². The fraction of sp³-hybridized carbons (Fsp3) is 0.467. The van der Waals surface area contributed by atoms with E-state index in [9.17, 15) is 9.59 Å². The first-order valence-corrected chi connectivity index (χ1v) is 7.25. The average molecular weight is 315 g/mol. The molecule has 0 unspecified atom stereocenters. The summed E-state index contributed by atoms with van der Waals surface area (Å²) in [5.41, 5.74) is -0.476. The van der Waals surface area contributed by atoms with Crippen molar-refractivity contribution in [2.75, 3.05) is 0 Å². The summed E-state index contributed by atoms with van der Waals surface area (Å²) in [6, 6.07) is 4.97. The van der Waals surface area contributed by atoms with Crippen molar-refractivity contribution in [2.45, 2.75) is 33.3 Å². The number of rotatable bonds is 2. The lowest BCUT2D eigenvalue weighted by Gasteiger charge is -2.38. The zero-order valence-electron chi connectivity index (χ0n) is 11.6. The first-order chi connectivity index (χ1) is 9.28. The molecule has 20 heavy (non-hydrogen) atoms. The van der Waals surface area contributed by atoms with Crippen LogP contribution in [0, 0.1) is 11.3 Å². The summed E-state index contributed by atoms with van der Waals surface area (Å²) < 4.78 is 5.49. The number of benzene rings is 1. The lowest BCUT2D eigenvalue weighted by molar-refractivity contribution is -0.179. The van der Waals surface area contributed by atoms with Crippen molar-refractivity contribution in [1.29, 1.82) is 0 Å². The molecule has 0 amide bonds. The SMILES string of the molecule is CC[C@H]1C(=O)C(C)(C)C(=O)O[C@H]1c1ccc(Cl)cc1Cl. The van der Waals surface area contributed by atoms with E-state index in [1.54, 1.807) is 32.0 Å². The van der Waals surface area contributed by atoms with E-state index < -0.39 is 17.5 Å². The van der Waals surface area contributed by atoms with Crippen LogP contribution in [0.25, 0.3) is 0 Å². The number of hydrogen-bond donors (Lipinski definition) is 0. The highest BCUT2D eigenvalue weighted by Crippen LogP contribution is 2.43. The normalized spacial score (nSPS) is 25.4. The van der Waals surface area contributed by atoms with Crippen molar-refractivity contribution in [3.05, 3.63) is 33.8 Å². The lowest BCUT2D eigenvalue weighted by Crippen LogP contribution is -2.47. The van der Waals surface area contributed by atoms with Gasteiger partial charge in [0.15, 0.2) is 5.78 Å². The molecule has 1 aromatic rings. The Morgan fingerprint density at radius 1 is 1.25 bits per heavy atom.